The number of carbonyl (C=O) groups is 2. The van der Waals surface area contributed by atoms with Gasteiger partial charge in [-0.15, -0.1) is 0 Å². The Bertz CT molecular complexity index is 839. The summed E-state index contributed by atoms with van der Waals surface area (Å²) in [6, 6.07) is 11.9. The first-order chi connectivity index (χ1) is 13.5. The molecule has 2 atom stereocenters. The van der Waals surface area contributed by atoms with E-state index < -0.39 is 12.0 Å². The van der Waals surface area contributed by atoms with Crippen molar-refractivity contribution in [3.63, 3.8) is 0 Å². The number of carbonyl (C=O) groups excluding carboxylic acids is 2. The van der Waals surface area contributed by atoms with Gasteiger partial charge in [0.2, 0.25) is 11.8 Å². The molecule has 1 aliphatic heterocycles. The van der Waals surface area contributed by atoms with Crippen LogP contribution in [0.2, 0.25) is 0 Å². The summed E-state index contributed by atoms with van der Waals surface area (Å²) in [6.45, 7) is 0.486. The Labute approximate surface area is 163 Å². The van der Waals surface area contributed by atoms with Crippen LogP contribution in [-0.2, 0) is 16.0 Å². The smallest absolute Gasteiger partial charge is 0.225 e. The summed E-state index contributed by atoms with van der Waals surface area (Å²) in [7, 11) is 1.66. The number of hydrogen-bond acceptors (Lipinski definition) is 2. The minimum Gasteiger partial charge on any atom is -0.356 e. The molecule has 1 heterocycles. The van der Waals surface area contributed by atoms with Crippen molar-refractivity contribution in [2.45, 2.75) is 31.7 Å². The predicted octanol–water partition coefficient (Wildman–Crippen LogP) is 3.62. The minimum atomic E-state index is -0.478. The third-order valence-corrected chi connectivity index (χ3v) is 5.24. The van der Waals surface area contributed by atoms with E-state index in [9.17, 15) is 18.4 Å². The average Bonchev–Trinajstić information content (AvgIpc) is 2.68. The highest BCUT2D eigenvalue weighted by Gasteiger charge is 2.38. The van der Waals surface area contributed by atoms with Crippen LogP contribution in [0, 0.1) is 17.6 Å². The molecular formula is C22H24F2N2O2. The number of nitrogens with zero attached hydrogens (tertiary/aromatic N) is 1. The molecule has 0 aliphatic carbocycles. The van der Waals surface area contributed by atoms with E-state index in [4.69, 9.17) is 0 Å². The molecule has 0 bridgehead atoms. The summed E-state index contributed by atoms with van der Waals surface area (Å²) in [5, 5.41) is 2.94. The fraction of sp³-hybridized carbons (Fsp3) is 0.364. The van der Waals surface area contributed by atoms with Crippen molar-refractivity contribution in [3.8, 4) is 0 Å². The van der Waals surface area contributed by atoms with Gasteiger partial charge in [-0.2, -0.15) is 0 Å². The van der Waals surface area contributed by atoms with Crippen molar-refractivity contribution in [1.82, 2.24) is 10.2 Å². The summed E-state index contributed by atoms with van der Waals surface area (Å²) in [4.78, 5) is 26.5. The van der Waals surface area contributed by atoms with Gasteiger partial charge in [-0.3, -0.25) is 9.59 Å². The maximum absolute atomic E-state index is 13.7. The SMILES string of the molecule is CN1C(=O)CC[C@H](C(=O)NCCCc2ccc(F)cc2)[C@H]1c1cccc(F)c1. The van der Waals surface area contributed by atoms with Gasteiger partial charge >= 0.3 is 0 Å². The molecule has 148 valence electrons. The number of likely N-dealkylation sites (tertiary alicyclic amines) is 1. The molecule has 0 spiro atoms. The van der Waals surface area contributed by atoms with Crippen LogP contribution in [0.25, 0.3) is 0 Å². The van der Waals surface area contributed by atoms with E-state index in [0.29, 0.717) is 24.9 Å². The van der Waals surface area contributed by atoms with E-state index in [1.54, 1.807) is 36.2 Å². The molecule has 2 aromatic rings. The highest BCUT2D eigenvalue weighted by Crippen LogP contribution is 2.36. The molecular weight excluding hydrogens is 362 g/mol. The second-order valence-electron chi connectivity index (χ2n) is 7.17. The Kier molecular flexibility index (Phi) is 6.39. The first kappa shape index (κ1) is 20.0. The Hall–Kier alpha value is -2.76. The fourth-order valence-electron chi connectivity index (χ4n) is 3.75. The molecule has 1 fully saturated rings. The minimum absolute atomic E-state index is 0.0466. The molecule has 3 rings (SSSR count). The lowest BCUT2D eigenvalue weighted by atomic mass is 9.84. The summed E-state index contributed by atoms with van der Waals surface area (Å²) in [6.07, 6.45) is 2.20. The van der Waals surface area contributed by atoms with Crippen molar-refractivity contribution in [3.05, 3.63) is 71.3 Å². The zero-order chi connectivity index (χ0) is 20.1. The fourth-order valence-corrected chi connectivity index (χ4v) is 3.75. The third kappa shape index (κ3) is 4.74. The maximum Gasteiger partial charge on any atom is 0.225 e. The van der Waals surface area contributed by atoms with E-state index in [1.165, 1.54) is 24.3 Å². The molecule has 1 N–H and O–H groups in total. The zero-order valence-corrected chi connectivity index (χ0v) is 15.8. The van der Waals surface area contributed by atoms with Gasteiger partial charge in [-0.1, -0.05) is 24.3 Å². The first-order valence-electron chi connectivity index (χ1n) is 9.49. The van der Waals surface area contributed by atoms with Crippen LogP contribution in [-0.4, -0.2) is 30.3 Å². The number of benzene rings is 2. The number of rotatable bonds is 6. The lowest BCUT2D eigenvalue weighted by molar-refractivity contribution is -0.141. The summed E-state index contributed by atoms with van der Waals surface area (Å²) >= 11 is 0. The molecule has 4 nitrogen and oxygen atoms in total. The van der Waals surface area contributed by atoms with E-state index in [0.717, 1.165) is 18.4 Å². The quantitative estimate of drug-likeness (QED) is 0.771. The molecule has 1 aliphatic rings. The van der Waals surface area contributed by atoms with Crippen molar-refractivity contribution >= 4 is 11.8 Å². The first-order valence-corrected chi connectivity index (χ1v) is 9.49. The largest absolute Gasteiger partial charge is 0.356 e. The van der Waals surface area contributed by atoms with Gasteiger partial charge in [0.15, 0.2) is 0 Å². The van der Waals surface area contributed by atoms with Gasteiger partial charge in [0.05, 0.1) is 12.0 Å². The Balaban J connectivity index is 1.61. The van der Waals surface area contributed by atoms with Crippen LogP contribution in [0.5, 0.6) is 0 Å². The molecule has 1 saturated heterocycles. The van der Waals surface area contributed by atoms with Crippen LogP contribution in [0.4, 0.5) is 8.78 Å². The summed E-state index contributed by atoms with van der Waals surface area (Å²) < 4.78 is 26.6. The van der Waals surface area contributed by atoms with Gasteiger partial charge in [0.25, 0.3) is 0 Å². The van der Waals surface area contributed by atoms with E-state index >= 15 is 0 Å². The van der Waals surface area contributed by atoms with E-state index in [2.05, 4.69) is 5.32 Å². The predicted molar refractivity (Wildman–Crippen MR) is 102 cm³/mol. The molecule has 2 amide bonds. The van der Waals surface area contributed by atoms with Gasteiger partial charge in [-0.05, 0) is 54.7 Å². The molecule has 6 heteroatoms. The van der Waals surface area contributed by atoms with Crippen LogP contribution < -0.4 is 5.32 Å². The molecule has 0 radical (unpaired) electrons. The Morgan fingerprint density at radius 2 is 1.89 bits per heavy atom. The maximum atomic E-state index is 13.7. The Morgan fingerprint density at radius 3 is 2.61 bits per heavy atom. The standard InChI is InChI=1S/C22H24F2N2O2/c1-26-20(27)12-11-19(21(26)16-5-2-6-18(24)14-16)22(28)25-13-3-4-15-7-9-17(23)10-8-15/h2,5-10,14,19,21H,3-4,11-13H2,1H3,(H,25,28)/t19-,21+/m0/s1. The molecule has 0 unspecified atom stereocenters. The van der Waals surface area contributed by atoms with Crippen molar-refractivity contribution in [2.24, 2.45) is 5.92 Å². The summed E-state index contributed by atoms with van der Waals surface area (Å²) in [5.41, 5.74) is 1.64. The van der Waals surface area contributed by atoms with E-state index in [-0.39, 0.29) is 23.4 Å². The second-order valence-corrected chi connectivity index (χ2v) is 7.17. The zero-order valence-electron chi connectivity index (χ0n) is 15.8. The number of halogens is 2. The highest BCUT2D eigenvalue weighted by atomic mass is 19.1. The lowest BCUT2D eigenvalue weighted by Crippen LogP contribution is -2.46. The van der Waals surface area contributed by atoms with Crippen molar-refractivity contribution in [1.29, 1.82) is 0 Å². The monoisotopic (exact) mass is 386 g/mol. The molecule has 28 heavy (non-hydrogen) atoms. The van der Waals surface area contributed by atoms with Crippen LogP contribution >= 0.6 is 0 Å². The average molecular weight is 386 g/mol. The van der Waals surface area contributed by atoms with Gasteiger partial charge in [0.1, 0.15) is 11.6 Å². The number of nitrogens with one attached hydrogen (secondary N) is 1. The molecule has 0 aromatic heterocycles. The van der Waals surface area contributed by atoms with Crippen molar-refractivity contribution in [2.75, 3.05) is 13.6 Å². The highest BCUT2D eigenvalue weighted by molar-refractivity contribution is 5.84. The topological polar surface area (TPSA) is 49.4 Å². The van der Waals surface area contributed by atoms with Gasteiger partial charge < -0.3 is 10.2 Å². The normalized spacial score (nSPS) is 19.5. The van der Waals surface area contributed by atoms with Gasteiger partial charge in [-0.25, -0.2) is 8.78 Å². The van der Waals surface area contributed by atoms with Crippen LogP contribution in [0.3, 0.4) is 0 Å². The number of amides is 2. The lowest BCUT2D eigenvalue weighted by Gasteiger charge is -2.38. The summed E-state index contributed by atoms with van der Waals surface area (Å²) in [5.74, 6) is -1.25. The number of piperidine rings is 1. The van der Waals surface area contributed by atoms with Crippen molar-refractivity contribution < 1.29 is 18.4 Å². The third-order valence-electron chi connectivity index (χ3n) is 5.24. The number of hydrogen-bond donors (Lipinski definition) is 1. The van der Waals surface area contributed by atoms with Gasteiger partial charge in [0, 0.05) is 20.0 Å². The molecule has 2 aromatic carbocycles. The number of aryl methyl sites for hydroxylation is 1. The van der Waals surface area contributed by atoms with E-state index in [1.807, 2.05) is 0 Å². The molecule has 0 saturated carbocycles. The van der Waals surface area contributed by atoms with Crippen LogP contribution in [0.1, 0.15) is 36.4 Å². The Morgan fingerprint density at radius 1 is 1.14 bits per heavy atom. The second kappa shape index (κ2) is 8.95. The van der Waals surface area contributed by atoms with Crippen LogP contribution in [0.15, 0.2) is 48.5 Å².